The van der Waals surface area contributed by atoms with Crippen molar-refractivity contribution < 1.29 is 19.4 Å². The molecule has 3 N–H and O–H groups in total. The Morgan fingerprint density at radius 2 is 2.00 bits per heavy atom. The molecule has 2 amide bonds. The Hall–Kier alpha value is -1.30. The number of carbonyl (C=O) groups excluding carboxylic acids is 1. The van der Waals surface area contributed by atoms with Gasteiger partial charge in [-0.15, -0.1) is 0 Å². The number of rotatable bonds is 8. The van der Waals surface area contributed by atoms with Crippen LogP contribution in [0.25, 0.3) is 0 Å². The first-order valence-corrected chi connectivity index (χ1v) is 6.19. The van der Waals surface area contributed by atoms with E-state index >= 15 is 0 Å². The molecule has 0 radical (unpaired) electrons. The highest BCUT2D eigenvalue weighted by Gasteiger charge is 2.32. The molecule has 0 aromatic rings. The van der Waals surface area contributed by atoms with Crippen LogP contribution in [0.5, 0.6) is 0 Å². The van der Waals surface area contributed by atoms with E-state index in [0.717, 1.165) is 0 Å². The zero-order valence-corrected chi connectivity index (χ0v) is 11.6. The van der Waals surface area contributed by atoms with Gasteiger partial charge in [0, 0.05) is 13.2 Å². The summed E-state index contributed by atoms with van der Waals surface area (Å²) in [5.41, 5.74) is -1.23. The highest BCUT2D eigenvalue weighted by Crippen LogP contribution is 2.08. The second kappa shape index (κ2) is 7.92. The van der Waals surface area contributed by atoms with Crippen LogP contribution in [0.1, 0.15) is 34.1 Å². The van der Waals surface area contributed by atoms with Gasteiger partial charge in [0.15, 0.2) is 0 Å². The van der Waals surface area contributed by atoms with Crippen LogP contribution in [0.15, 0.2) is 0 Å². The summed E-state index contributed by atoms with van der Waals surface area (Å²) in [4.78, 5) is 22.4. The van der Waals surface area contributed by atoms with Crippen LogP contribution in [0.4, 0.5) is 4.79 Å². The van der Waals surface area contributed by atoms with Crippen LogP contribution in [-0.2, 0) is 9.53 Å². The van der Waals surface area contributed by atoms with Crippen molar-refractivity contribution in [3.63, 3.8) is 0 Å². The molecule has 0 aromatic heterocycles. The second-order valence-corrected chi connectivity index (χ2v) is 4.84. The maximum atomic E-state index is 11.5. The highest BCUT2D eigenvalue weighted by atomic mass is 16.5. The summed E-state index contributed by atoms with van der Waals surface area (Å²) in [7, 11) is 0. The van der Waals surface area contributed by atoms with Crippen LogP contribution in [0.3, 0.4) is 0 Å². The number of urea groups is 1. The van der Waals surface area contributed by atoms with E-state index in [-0.39, 0.29) is 0 Å². The van der Waals surface area contributed by atoms with Gasteiger partial charge < -0.3 is 20.5 Å². The molecule has 0 aromatic carbocycles. The minimum absolute atomic E-state index is 0.319. The molecule has 0 saturated carbocycles. The van der Waals surface area contributed by atoms with E-state index in [9.17, 15) is 9.59 Å². The summed E-state index contributed by atoms with van der Waals surface area (Å²) < 4.78 is 5.29. The Labute approximate surface area is 108 Å². The average Bonchev–Trinajstić information content (AvgIpc) is 2.27. The Morgan fingerprint density at radius 1 is 1.39 bits per heavy atom. The fraction of sp³-hybridized carbons (Fsp3) is 0.833. The van der Waals surface area contributed by atoms with Crippen molar-refractivity contribution in [2.45, 2.75) is 39.7 Å². The molecule has 0 bridgehead atoms. The third kappa shape index (κ3) is 6.44. The second-order valence-electron chi connectivity index (χ2n) is 4.84. The number of ether oxygens (including phenoxy) is 1. The SMILES string of the molecule is CCC(C)(NC(=O)NCCOCC(C)C)C(=O)O. The molecule has 0 spiro atoms. The molecule has 0 fully saturated rings. The van der Waals surface area contributed by atoms with Crippen molar-refractivity contribution >= 4 is 12.0 Å². The van der Waals surface area contributed by atoms with E-state index in [1.807, 2.05) is 13.8 Å². The van der Waals surface area contributed by atoms with Crippen molar-refractivity contribution in [3.8, 4) is 0 Å². The average molecular weight is 260 g/mol. The Morgan fingerprint density at radius 3 is 2.44 bits per heavy atom. The molecule has 0 aliphatic heterocycles. The van der Waals surface area contributed by atoms with Crippen LogP contribution in [0.2, 0.25) is 0 Å². The van der Waals surface area contributed by atoms with Crippen molar-refractivity contribution in [1.29, 1.82) is 0 Å². The molecule has 0 rings (SSSR count). The predicted molar refractivity (Wildman–Crippen MR) is 68.5 cm³/mol. The van der Waals surface area contributed by atoms with E-state index in [0.29, 0.717) is 32.1 Å². The maximum absolute atomic E-state index is 11.5. The Bertz CT molecular complexity index is 281. The summed E-state index contributed by atoms with van der Waals surface area (Å²) in [6.45, 7) is 8.69. The number of amides is 2. The largest absolute Gasteiger partial charge is 0.480 e. The summed E-state index contributed by atoms with van der Waals surface area (Å²) >= 11 is 0. The van der Waals surface area contributed by atoms with Gasteiger partial charge in [0.2, 0.25) is 0 Å². The zero-order chi connectivity index (χ0) is 14.2. The fourth-order valence-corrected chi connectivity index (χ4v) is 1.14. The predicted octanol–water partition coefficient (Wildman–Crippen LogP) is 1.21. The van der Waals surface area contributed by atoms with E-state index in [4.69, 9.17) is 9.84 Å². The number of carboxylic acid groups (broad SMARTS) is 1. The first kappa shape index (κ1) is 16.7. The molecule has 0 aliphatic rings. The van der Waals surface area contributed by atoms with E-state index in [2.05, 4.69) is 10.6 Å². The number of hydrogen-bond donors (Lipinski definition) is 3. The third-order valence-corrected chi connectivity index (χ3v) is 2.55. The monoisotopic (exact) mass is 260 g/mol. The number of carbonyl (C=O) groups is 2. The van der Waals surface area contributed by atoms with E-state index < -0.39 is 17.5 Å². The van der Waals surface area contributed by atoms with Gasteiger partial charge in [-0.05, 0) is 19.3 Å². The molecule has 0 saturated heterocycles. The Kier molecular flexibility index (Phi) is 7.35. The first-order chi connectivity index (χ1) is 8.31. The number of hydrogen-bond acceptors (Lipinski definition) is 3. The maximum Gasteiger partial charge on any atom is 0.329 e. The summed E-state index contributed by atoms with van der Waals surface area (Å²) in [6, 6.07) is -0.491. The molecule has 0 aliphatic carbocycles. The van der Waals surface area contributed by atoms with Gasteiger partial charge in [-0.1, -0.05) is 20.8 Å². The lowest BCUT2D eigenvalue weighted by atomic mass is 10.00. The molecule has 6 nitrogen and oxygen atoms in total. The van der Waals surface area contributed by atoms with Gasteiger partial charge in [-0.25, -0.2) is 9.59 Å². The van der Waals surface area contributed by atoms with Crippen LogP contribution in [0, 0.1) is 5.92 Å². The van der Waals surface area contributed by atoms with Crippen LogP contribution >= 0.6 is 0 Å². The molecule has 0 heterocycles. The molecule has 106 valence electrons. The first-order valence-electron chi connectivity index (χ1n) is 6.19. The van der Waals surface area contributed by atoms with Crippen LogP contribution in [-0.4, -0.2) is 42.4 Å². The number of carboxylic acids is 1. The lowest BCUT2D eigenvalue weighted by Crippen LogP contribution is -2.55. The van der Waals surface area contributed by atoms with Crippen molar-refractivity contribution in [2.24, 2.45) is 5.92 Å². The standard InChI is InChI=1S/C12H24N2O4/c1-5-12(4,10(15)16)14-11(17)13-6-7-18-8-9(2)3/h9H,5-8H2,1-4H3,(H,15,16)(H2,13,14,17). The smallest absolute Gasteiger partial charge is 0.329 e. The Balaban J connectivity index is 3.87. The fourth-order valence-electron chi connectivity index (χ4n) is 1.14. The van der Waals surface area contributed by atoms with Gasteiger partial charge in [-0.3, -0.25) is 0 Å². The van der Waals surface area contributed by atoms with Crippen molar-refractivity contribution in [1.82, 2.24) is 10.6 Å². The van der Waals surface area contributed by atoms with E-state index in [1.165, 1.54) is 6.92 Å². The van der Waals surface area contributed by atoms with Gasteiger partial charge >= 0.3 is 12.0 Å². The highest BCUT2D eigenvalue weighted by molar-refractivity contribution is 5.85. The van der Waals surface area contributed by atoms with Gasteiger partial charge in [0.05, 0.1) is 6.61 Å². The lowest BCUT2D eigenvalue weighted by Gasteiger charge is -2.24. The van der Waals surface area contributed by atoms with Gasteiger partial charge in [0.1, 0.15) is 5.54 Å². The molecule has 18 heavy (non-hydrogen) atoms. The summed E-state index contributed by atoms with van der Waals surface area (Å²) in [6.07, 6.45) is 0.319. The number of aliphatic carboxylic acids is 1. The van der Waals surface area contributed by atoms with Gasteiger partial charge in [0.25, 0.3) is 0 Å². The normalized spacial score (nSPS) is 14.1. The zero-order valence-electron chi connectivity index (χ0n) is 11.6. The molecule has 1 unspecified atom stereocenters. The minimum Gasteiger partial charge on any atom is -0.480 e. The molecular weight excluding hydrogens is 236 g/mol. The van der Waals surface area contributed by atoms with Crippen molar-refractivity contribution in [3.05, 3.63) is 0 Å². The molecule has 1 atom stereocenters. The molecule has 6 heteroatoms. The van der Waals surface area contributed by atoms with E-state index in [1.54, 1.807) is 6.92 Å². The topological polar surface area (TPSA) is 87.7 Å². The van der Waals surface area contributed by atoms with Crippen LogP contribution < -0.4 is 10.6 Å². The molecular formula is C12H24N2O4. The summed E-state index contributed by atoms with van der Waals surface area (Å²) in [5.74, 6) is -0.592. The summed E-state index contributed by atoms with van der Waals surface area (Å²) in [5, 5.41) is 14.0. The third-order valence-electron chi connectivity index (χ3n) is 2.55. The van der Waals surface area contributed by atoms with Crippen molar-refractivity contribution in [2.75, 3.05) is 19.8 Å². The quantitative estimate of drug-likeness (QED) is 0.572. The minimum atomic E-state index is -1.23. The lowest BCUT2D eigenvalue weighted by molar-refractivity contribution is -0.143. The van der Waals surface area contributed by atoms with Gasteiger partial charge in [-0.2, -0.15) is 0 Å². The number of nitrogens with one attached hydrogen (secondary N) is 2.